The highest BCUT2D eigenvalue weighted by Gasteiger charge is 2.70. The molecule has 1 aromatic carbocycles. The normalized spacial score (nSPS) is 38.4. The van der Waals surface area contributed by atoms with Crippen molar-refractivity contribution in [1.82, 2.24) is 5.32 Å². The molecule has 1 aliphatic carbocycles. The van der Waals surface area contributed by atoms with Crippen molar-refractivity contribution in [3.8, 4) is 0 Å². The van der Waals surface area contributed by atoms with Crippen LogP contribution < -0.4 is 10.2 Å². The quantitative estimate of drug-likeness (QED) is 0.0862. The molecule has 12 atom stereocenters. The van der Waals surface area contributed by atoms with Crippen LogP contribution in [0.3, 0.4) is 0 Å². The molecule has 284 valence electrons. The van der Waals surface area contributed by atoms with Crippen LogP contribution in [0, 0.1) is 23.2 Å². The van der Waals surface area contributed by atoms with Gasteiger partial charge in [0.1, 0.15) is 18.3 Å². The third-order valence-corrected chi connectivity index (χ3v) is 12.6. The van der Waals surface area contributed by atoms with Gasteiger partial charge in [-0.05, 0) is 88.0 Å². The van der Waals surface area contributed by atoms with E-state index >= 15 is 0 Å². The number of allylic oxidation sites excluding steroid dienone is 2. The second kappa shape index (κ2) is 16.2. The lowest BCUT2D eigenvalue weighted by Gasteiger charge is -2.31. The Morgan fingerprint density at radius 3 is 2.45 bits per heavy atom. The molecule has 0 bridgehead atoms. The van der Waals surface area contributed by atoms with Gasteiger partial charge in [0.2, 0.25) is 0 Å². The van der Waals surface area contributed by atoms with Crippen molar-refractivity contribution in [3.63, 3.8) is 0 Å². The Morgan fingerprint density at radius 2 is 1.80 bits per heavy atom. The number of aliphatic hydroxyl groups excluding tert-OH is 2. The van der Waals surface area contributed by atoms with E-state index in [0.29, 0.717) is 18.4 Å². The lowest BCUT2D eigenvalue weighted by atomic mass is 9.86. The topological polar surface area (TPSA) is 135 Å². The van der Waals surface area contributed by atoms with Gasteiger partial charge in [-0.25, -0.2) is 0 Å². The number of aliphatic hydroxyl groups is 4. The standard InChI is InChI=1S/C42H64N2O7/c1-8-33-29(4)42(33,7)39-37(51-39)38(43-26-30-15-17-31(18-16-30)44-23-10-9-11-24-44)41(6,49)21-12-13-27(2)36-28(3)14-19-34(46)40(5,48)22-20-32(45)25-35(47)50-36/h12-19,21,28-29,32-34,36-39,43,45-46,48-49H,8-11,20,22-26H2,1-7H3. The third-order valence-electron chi connectivity index (χ3n) is 12.6. The molecule has 9 heteroatoms. The van der Waals surface area contributed by atoms with E-state index in [2.05, 4.69) is 55.3 Å². The molecule has 0 radical (unpaired) electrons. The molecule has 1 saturated carbocycles. The van der Waals surface area contributed by atoms with Crippen LogP contribution in [-0.2, 0) is 20.8 Å². The molecular formula is C42H64N2O7. The Bertz CT molecular complexity index is 1410. The Labute approximate surface area is 305 Å². The molecule has 5 rings (SSSR count). The second-order valence-electron chi connectivity index (χ2n) is 16.6. The number of rotatable bonds is 11. The molecule has 0 aromatic heterocycles. The number of nitrogens with one attached hydrogen (secondary N) is 1. The van der Waals surface area contributed by atoms with Gasteiger partial charge in [-0.1, -0.05) is 76.6 Å². The smallest absolute Gasteiger partial charge is 0.309 e. The van der Waals surface area contributed by atoms with Crippen LogP contribution in [-0.4, -0.2) is 87.2 Å². The van der Waals surface area contributed by atoms with E-state index < -0.39 is 35.5 Å². The fourth-order valence-corrected chi connectivity index (χ4v) is 8.75. The van der Waals surface area contributed by atoms with Crippen LogP contribution in [0.5, 0.6) is 0 Å². The van der Waals surface area contributed by atoms with Crippen molar-refractivity contribution >= 4 is 11.7 Å². The van der Waals surface area contributed by atoms with E-state index in [1.807, 2.05) is 26.8 Å². The maximum Gasteiger partial charge on any atom is 0.309 e. The van der Waals surface area contributed by atoms with Crippen LogP contribution in [0.2, 0.25) is 0 Å². The third kappa shape index (κ3) is 9.35. The largest absolute Gasteiger partial charge is 0.457 e. The second-order valence-corrected chi connectivity index (χ2v) is 16.6. The molecule has 4 aliphatic rings. The first-order valence-electron chi connectivity index (χ1n) is 19.4. The summed E-state index contributed by atoms with van der Waals surface area (Å²) in [6, 6.07) is 8.38. The first-order valence-corrected chi connectivity index (χ1v) is 19.4. The summed E-state index contributed by atoms with van der Waals surface area (Å²) in [7, 11) is 0. The molecule has 12 unspecified atom stereocenters. The van der Waals surface area contributed by atoms with Crippen molar-refractivity contribution in [2.24, 2.45) is 23.2 Å². The summed E-state index contributed by atoms with van der Waals surface area (Å²) in [6.45, 7) is 16.7. The molecule has 0 spiro atoms. The highest BCUT2D eigenvalue weighted by molar-refractivity contribution is 5.70. The minimum Gasteiger partial charge on any atom is -0.457 e. The van der Waals surface area contributed by atoms with E-state index in [-0.39, 0.29) is 48.8 Å². The minimum absolute atomic E-state index is 0.0725. The predicted molar refractivity (Wildman–Crippen MR) is 201 cm³/mol. The zero-order valence-electron chi connectivity index (χ0n) is 31.9. The Morgan fingerprint density at radius 1 is 1.12 bits per heavy atom. The number of piperidine rings is 1. The summed E-state index contributed by atoms with van der Waals surface area (Å²) >= 11 is 0. The first kappa shape index (κ1) is 39.7. The number of carbonyl (C=O) groups is 1. The molecule has 3 fully saturated rings. The monoisotopic (exact) mass is 708 g/mol. The number of ether oxygens (including phenoxy) is 2. The van der Waals surface area contributed by atoms with Gasteiger partial charge < -0.3 is 40.1 Å². The molecular weight excluding hydrogens is 644 g/mol. The maximum absolute atomic E-state index is 12.8. The minimum atomic E-state index is -1.44. The highest BCUT2D eigenvalue weighted by atomic mass is 16.6. The average molecular weight is 709 g/mol. The van der Waals surface area contributed by atoms with Gasteiger partial charge in [0.05, 0.1) is 35.9 Å². The summed E-state index contributed by atoms with van der Waals surface area (Å²) in [5.41, 5.74) is 0.539. The zero-order chi connectivity index (χ0) is 37.1. The van der Waals surface area contributed by atoms with Gasteiger partial charge in [0.25, 0.3) is 0 Å². The molecule has 0 amide bonds. The number of benzene rings is 1. The first-order chi connectivity index (χ1) is 24.1. The van der Waals surface area contributed by atoms with Gasteiger partial charge in [0, 0.05) is 36.7 Å². The number of carbonyl (C=O) groups excluding carboxylic acids is 1. The lowest BCUT2D eigenvalue weighted by molar-refractivity contribution is -0.151. The van der Waals surface area contributed by atoms with E-state index in [4.69, 9.17) is 9.47 Å². The van der Waals surface area contributed by atoms with Crippen molar-refractivity contribution in [1.29, 1.82) is 0 Å². The zero-order valence-corrected chi connectivity index (χ0v) is 31.9. The summed E-state index contributed by atoms with van der Waals surface area (Å²) in [4.78, 5) is 15.3. The SMILES string of the molecule is CCC1C(C)C1(C)C1OC1C(NCc1ccc(N2CCCCC2)cc1)C(C)(O)C=CC=C(C)C1OC(=O)CC(O)CCC(C)(O)C(O)C=CC1C. The average Bonchev–Trinajstić information content (AvgIpc) is 4.00. The summed E-state index contributed by atoms with van der Waals surface area (Å²) in [5.74, 6) is 0.324. The highest BCUT2D eigenvalue weighted by Crippen LogP contribution is 2.67. The van der Waals surface area contributed by atoms with Crippen molar-refractivity contribution in [3.05, 3.63) is 65.8 Å². The van der Waals surface area contributed by atoms with E-state index in [0.717, 1.165) is 30.6 Å². The van der Waals surface area contributed by atoms with Crippen LogP contribution in [0.15, 0.2) is 60.2 Å². The molecule has 51 heavy (non-hydrogen) atoms. The number of hydrogen-bond acceptors (Lipinski definition) is 9. The number of nitrogens with zero attached hydrogens (tertiary/aromatic N) is 1. The number of esters is 1. The van der Waals surface area contributed by atoms with Crippen molar-refractivity contribution in [2.75, 3.05) is 18.0 Å². The molecule has 5 N–H and O–H groups in total. The lowest BCUT2D eigenvalue weighted by Crippen LogP contribution is -2.52. The molecule has 1 aromatic rings. The number of anilines is 1. The van der Waals surface area contributed by atoms with Gasteiger partial charge in [0.15, 0.2) is 0 Å². The van der Waals surface area contributed by atoms with E-state index in [9.17, 15) is 25.2 Å². The van der Waals surface area contributed by atoms with E-state index in [1.54, 1.807) is 18.2 Å². The van der Waals surface area contributed by atoms with Crippen LogP contribution >= 0.6 is 0 Å². The Kier molecular flexibility index (Phi) is 12.6. The fraction of sp³-hybridized carbons (Fsp3) is 0.690. The molecule has 3 aliphatic heterocycles. The Balaban J connectivity index is 1.32. The Hall–Kier alpha value is -2.53. The predicted octanol–water partition coefficient (Wildman–Crippen LogP) is 5.60. The van der Waals surface area contributed by atoms with Crippen LogP contribution in [0.4, 0.5) is 5.69 Å². The number of cyclic esters (lactones) is 1. The number of hydrogen-bond donors (Lipinski definition) is 5. The van der Waals surface area contributed by atoms with Crippen LogP contribution in [0.1, 0.15) is 99.0 Å². The van der Waals surface area contributed by atoms with Crippen molar-refractivity contribution < 1.29 is 34.7 Å². The summed E-state index contributed by atoms with van der Waals surface area (Å²) in [5, 5.41) is 47.5. The van der Waals surface area contributed by atoms with Gasteiger partial charge in [-0.15, -0.1) is 0 Å². The van der Waals surface area contributed by atoms with E-state index in [1.165, 1.54) is 37.9 Å². The summed E-state index contributed by atoms with van der Waals surface area (Å²) in [6.07, 6.45) is 10.8. The summed E-state index contributed by atoms with van der Waals surface area (Å²) < 4.78 is 12.3. The molecule has 9 nitrogen and oxygen atoms in total. The van der Waals surface area contributed by atoms with Crippen molar-refractivity contribution in [2.45, 2.75) is 148 Å². The molecule has 2 saturated heterocycles. The molecule has 3 heterocycles. The number of epoxide rings is 1. The van der Waals surface area contributed by atoms with Gasteiger partial charge >= 0.3 is 5.97 Å². The van der Waals surface area contributed by atoms with Gasteiger partial charge in [-0.3, -0.25) is 4.79 Å². The fourth-order valence-electron chi connectivity index (χ4n) is 8.75. The maximum atomic E-state index is 12.8. The van der Waals surface area contributed by atoms with Gasteiger partial charge in [-0.2, -0.15) is 0 Å². The van der Waals surface area contributed by atoms with Crippen LogP contribution in [0.25, 0.3) is 0 Å².